The number of amides is 1. The lowest BCUT2D eigenvalue weighted by Gasteiger charge is -2.23. The van der Waals surface area contributed by atoms with E-state index in [0.717, 1.165) is 128 Å². The van der Waals surface area contributed by atoms with Crippen LogP contribution in [-0.4, -0.2) is 86.5 Å². The summed E-state index contributed by atoms with van der Waals surface area (Å²) in [7, 11) is 4.19. The van der Waals surface area contributed by atoms with E-state index in [1.165, 1.54) is 108 Å². The second-order valence-electron chi connectivity index (χ2n) is 18.0. The highest BCUT2D eigenvalue weighted by Gasteiger charge is 2.43. The topological polar surface area (TPSA) is 85.4 Å². The Labute approximate surface area is 363 Å². The molecule has 0 aromatic carbocycles. The fourth-order valence-corrected chi connectivity index (χ4v) is 8.64. The normalized spacial score (nSPS) is 13.3. The zero-order valence-corrected chi connectivity index (χ0v) is 39.7. The molecule has 1 amide bonds. The van der Waals surface area contributed by atoms with E-state index >= 15 is 0 Å². The minimum absolute atomic E-state index is 0.0194. The van der Waals surface area contributed by atoms with Gasteiger partial charge in [-0.15, -0.1) is 0 Å². The Morgan fingerprint density at radius 2 is 1.09 bits per heavy atom. The third-order valence-corrected chi connectivity index (χ3v) is 13.0. The zero-order valence-electron chi connectivity index (χ0n) is 38.9. The number of hydrogen-bond donors (Lipinski definition) is 0. The minimum atomic E-state index is -0.520. The van der Waals surface area contributed by atoms with Crippen molar-refractivity contribution in [3.8, 4) is 0 Å². The molecule has 0 atom stereocenters. The summed E-state index contributed by atoms with van der Waals surface area (Å²) in [6.07, 6.45) is 36.1. The number of carbonyl (C=O) groups is 3. The van der Waals surface area contributed by atoms with Gasteiger partial charge in [0.05, 0.1) is 19.8 Å². The number of rotatable bonds is 42. The van der Waals surface area contributed by atoms with Gasteiger partial charge in [-0.25, -0.2) is 4.79 Å². The van der Waals surface area contributed by atoms with Crippen molar-refractivity contribution in [2.45, 2.75) is 226 Å². The lowest BCUT2D eigenvalue weighted by Crippen LogP contribution is -2.30. The van der Waals surface area contributed by atoms with Crippen LogP contribution in [0, 0.1) is 11.3 Å². The van der Waals surface area contributed by atoms with E-state index in [0.29, 0.717) is 32.2 Å². The molecule has 0 aliphatic heterocycles. The lowest BCUT2D eigenvalue weighted by molar-refractivity contribution is -0.145. The maximum absolute atomic E-state index is 13.3. The van der Waals surface area contributed by atoms with Crippen LogP contribution >= 0.6 is 11.8 Å². The number of ether oxygens (including phenoxy) is 3. The minimum Gasteiger partial charge on any atom is -0.465 e. The molecule has 0 aromatic heterocycles. The van der Waals surface area contributed by atoms with Gasteiger partial charge in [-0.1, -0.05) is 155 Å². The van der Waals surface area contributed by atoms with Crippen molar-refractivity contribution in [3.63, 3.8) is 0 Å². The van der Waals surface area contributed by atoms with Gasteiger partial charge in [0.15, 0.2) is 0 Å². The third-order valence-electron chi connectivity index (χ3n) is 12.0. The van der Waals surface area contributed by atoms with Gasteiger partial charge in [-0.05, 0) is 104 Å². The molecule has 9 heteroatoms. The highest BCUT2D eigenvalue weighted by molar-refractivity contribution is 8.13. The van der Waals surface area contributed by atoms with Gasteiger partial charge in [0.1, 0.15) is 0 Å². The summed E-state index contributed by atoms with van der Waals surface area (Å²) in [6.45, 7) is 10.8. The van der Waals surface area contributed by atoms with Crippen LogP contribution in [0.3, 0.4) is 0 Å². The summed E-state index contributed by atoms with van der Waals surface area (Å²) in [5.74, 6) is 1.29. The maximum Gasteiger partial charge on any atom is 0.508 e. The van der Waals surface area contributed by atoms with E-state index in [9.17, 15) is 14.4 Å². The summed E-state index contributed by atoms with van der Waals surface area (Å²) < 4.78 is 16.8. The van der Waals surface area contributed by atoms with E-state index in [1.807, 2.05) is 0 Å². The van der Waals surface area contributed by atoms with Gasteiger partial charge in [0.25, 0.3) is 5.24 Å². The van der Waals surface area contributed by atoms with Gasteiger partial charge in [-0.2, -0.15) is 0 Å². The Kier molecular flexibility index (Phi) is 36.1. The fraction of sp³-hybridized carbons (Fsp3) is 0.939. The van der Waals surface area contributed by atoms with E-state index in [-0.39, 0.29) is 16.6 Å². The predicted octanol–water partition coefficient (Wildman–Crippen LogP) is 14.6. The molecular formula is C49H94N2O6S. The third kappa shape index (κ3) is 33.3. The van der Waals surface area contributed by atoms with Gasteiger partial charge in [-0.3, -0.25) is 9.59 Å². The molecule has 0 heterocycles. The summed E-state index contributed by atoms with van der Waals surface area (Å²) in [5.41, 5.74) is 0.206. The summed E-state index contributed by atoms with van der Waals surface area (Å²) in [5, 5.41) is 0.211. The molecule has 8 nitrogen and oxygen atoms in total. The van der Waals surface area contributed by atoms with Gasteiger partial charge in [0.2, 0.25) is 0 Å². The van der Waals surface area contributed by atoms with Crippen LogP contribution in [0.5, 0.6) is 0 Å². The van der Waals surface area contributed by atoms with Crippen molar-refractivity contribution >= 4 is 29.1 Å². The number of nitrogens with zero attached hydrogens (tertiary/aromatic N) is 2. The Hall–Kier alpha value is -1.48. The second kappa shape index (κ2) is 38.4. The van der Waals surface area contributed by atoms with E-state index in [1.54, 1.807) is 0 Å². The molecule has 0 bridgehead atoms. The molecule has 0 spiro atoms. The number of hydrogen-bond acceptors (Lipinski definition) is 8. The highest BCUT2D eigenvalue weighted by Crippen LogP contribution is 2.50. The molecule has 1 rings (SSSR count). The zero-order chi connectivity index (χ0) is 42.4. The van der Waals surface area contributed by atoms with E-state index in [4.69, 9.17) is 14.2 Å². The molecule has 58 heavy (non-hydrogen) atoms. The molecule has 1 aliphatic rings. The fourth-order valence-electron chi connectivity index (χ4n) is 7.76. The van der Waals surface area contributed by atoms with Crippen molar-refractivity contribution in [1.29, 1.82) is 0 Å². The smallest absolute Gasteiger partial charge is 0.465 e. The van der Waals surface area contributed by atoms with Crippen LogP contribution in [0.15, 0.2) is 0 Å². The average molecular weight is 839 g/mol. The molecule has 1 saturated carbocycles. The van der Waals surface area contributed by atoms with Crippen LogP contribution in [0.25, 0.3) is 0 Å². The van der Waals surface area contributed by atoms with Crippen LogP contribution in [0.4, 0.5) is 9.59 Å². The molecule has 0 radical (unpaired) electrons. The SMILES string of the molecule is CCCCCCCCCC(=O)OCC1(CCCCCN(CCCCCCOC(=O)OCC(CCCCCCC)CCCCCCC)C(=O)SCCCCN(C)C)CC1. The first-order valence-corrected chi connectivity index (χ1v) is 25.7. The Balaban J connectivity index is 2.35. The van der Waals surface area contributed by atoms with Crippen LogP contribution < -0.4 is 0 Å². The number of unbranched alkanes of at least 4 members (excludes halogenated alkanes) is 20. The molecule has 0 saturated heterocycles. The Bertz CT molecular complexity index is 963. The van der Waals surface area contributed by atoms with Crippen molar-refractivity contribution < 1.29 is 28.6 Å². The van der Waals surface area contributed by atoms with E-state index in [2.05, 4.69) is 44.7 Å². The van der Waals surface area contributed by atoms with Gasteiger partial charge < -0.3 is 24.0 Å². The highest BCUT2D eigenvalue weighted by atomic mass is 32.2. The van der Waals surface area contributed by atoms with Gasteiger partial charge >= 0.3 is 12.1 Å². The quantitative estimate of drug-likeness (QED) is 0.0444. The number of carbonyl (C=O) groups excluding carboxylic acids is 3. The van der Waals surface area contributed by atoms with E-state index < -0.39 is 6.16 Å². The molecule has 0 aromatic rings. The molecule has 342 valence electrons. The largest absolute Gasteiger partial charge is 0.508 e. The summed E-state index contributed by atoms with van der Waals surface area (Å²) in [6, 6.07) is 0. The van der Waals surface area contributed by atoms with Crippen molar-refractivity contribution in [1.82, 2.24) is 9.80 Å². The first-order chi connectivity index (χ1) is 28.2. The molecule has 1 fully saturated rings. The second-order valence-corrected chi connectivity index (χ2v) is 19.1. The van der Waals surface area contributed by atoms with Crippen LogP contribution in [0.1, 0.15) is 226 Å². The van der Waals surface area contributed by atoms with Crippen molar-refractivity contribution in [3.05, 3.63) is 0 Å². The average Bonchev–Trinajstić information content (AvgIpc) is 3.99. The van der Waals surface area contributed by atoms with Crippen molar-refractivity contribution in [2.24, 2.45) is 11.3 Å². The lowest BCUT2D eigenvalue weighted by atomic mass is 9.95. The maximum atomic E-state index is 13.3. The molecule has 0 N–H and O–H groups in total. The van der Waals surface area contributed by atoms with Crippen molar-refractivity contribution in [2.75, 3.05) is 59.3 Å². The van der Waals surface area contributed by atoms with Crippen LogP contribution in [0.2, 0.25) is 0 Å². The standard InChI is InChI=1S/C49H94N2O6S/c1-6-9-12-15-16-19-25-34-46(52)57-44-49(36-37-49)35-26-22-28-40-51(47(53)58-42-31-29-38-50(4)5)39-27-20-21-30-41-55-48(54)56-43-45(32-23-17-13-10-7-2)33-24-18-14-11-8-3/h45H,6-44H2,1-5H3. The summed E-state index contributed by atoms with van der Waals surface area (Å²) in [4.78, 5) is 42.3. The Morgan fingerprint density at radius 3 is 1.67 bits per heavy atom. The first kappa shape index (κ1) is 54.5. The number of esters is 1. The molecule has 1 aliphatic carbocycles. The number of thioether (sulfide) groups is 1. The predicted molar refractivity (Wildman–Crippen MR) is 247 cm³/mol. The molecular weight excluding hydrogens is 745 g/mol. The van der Waals surface area contributed by atoms with Crippen LogP contribution in [-0.2, 0) is 19.0 Å². The summed E-state index contributed by atoms with van der Waals surface area (Å²) >= 11 is 1.48. The molecule has 0 unspecified atom stereocenters. The van der Waals surface area contributed by atoms with Gasteiger partial charge in [0, 0.05) is 30.7 Å². The monoisotopic (exact) mass is 839 g/mol. The Morgan fingerprint density at radius 1 is 0.569 bits per heavy atom. The first-order valence-electron chi connectivity index (χ1n) is 24.8.